The zero-order chi connectivity index (χ0) is 38.5. The largest absolute Gasteiger partial charge is 0.453 e. The van der Waals surface area contributed by atoms with E-state index in [1.54, 1.807) is 11.1 Å². The van der Waals surface area contributed by atoms with Crippen LogP contribution in [0.2, 0.25) is 0 Å². The molecule has 13 heteroatoms. The van der Waals surface area contributed by atoms with Crippen LogP contribution in [0.1, 0.15) is 88.2 Å². The normalized spacial score (nSPS) is 18.0. The number of carbonyl (C=O) groups excluding carboxylic acids is 4. The topological polar surface area (TPSA) is 162 Å². The molecule has 0 spiro atoms. The average Bonchev–Trinajstić information content (AvgIpc) is 4.00. The fourth-order valence-corrected chi connectivity index (χ4v) is 7.39. The van der Waals surface area contributed by atoms with E-state index >= 15 is 0 Å². The van der Waals surface area contributed by atoms with Crippen molar-refractivity contribution in [3.8, 4) is 23.0 Å². The summed E-state index contributed by atoms with van der Waals surface area (Å²) in [5, 5.41) is 6.45. The molecular weight excluding hydrogens is 686 g/mol. The number of aromatic amines is 2. The predicted molar refractivity (Wildman–Crippen MR) is 204 cm³/mol. The molecule has 0 saturated carbocycles. The number of aromatic nitrogens is 3. The summed E-state index contributed by atoms with van der Waals surface area (Å²) in [5.41, 5.74) is 5.54. The third-order valence-corrected chi connectivity index (χ3v) is 10.3. The summed E-state index contributed by atoms with van der Waals surface area (Å²) in [6.07, 6.45) is 3.76. The van der Waals surface area contributed by atoms with Gasteiger partial charge in [0.25, 0.3) is 0 Å². The lowest BCUT2D eigenvalue weighted by molar-refractivity contribution is -0.136. The monoisotopic (exact) mass is 735 g/mol. The summed E-state index contributed by atoms with van der Waals surface area (Å²) < 4.78 is 9.50. The Morgan fingerprint density at radius 2 is 1.33 bits per heavy atom. The molecule has 0 unspecified atom stereocenters. The lowest BCUT2D eigenvalue weighted by Crippen LogP contribution is -2.51. The molecule has 2 aromatic heterocycles. The summed E-state index contributed by atoms with van der Waals surface area (Å²) in [5.74, 6) is 6.59. The molecular formula is C41H49N7O6. The van der Waals surface area contributed by atoms with E-state index in [2.05, 4.69) is 61.7 Å². The molecule has 4 N–H and O–H groups in total. The van der Waals surface area contributed by atoms with Crippen molar-refractivity contribution in [2.75, 3.05) is 27.3 Å². The number of carbonyl (C=O) groups is 4. The number of imidazole rings is 1. The lowest BCUT2D eigenvalue weighted by Gasteiger charge is -2.30. The minimum atomic E-state index is -0.695. The number of alkyl carbamates (subject to hydrolysis) is 2. The first-order valence-electron chi connectivity index (χ1n) is 18.6. The Morgan fingerprint density at radius 3 is 1.93 bits per heavy atom. The zero-order valence-corrected chi connectivity index (χ0v) is 31.7. The fourth-order valence-electron chi connectivity index (χ4n) is 7.39. The van der Waals surface area contributed by atoms with E-state index in [0.717, 1.165) is 59.0 Å². The molecule has 54 heavy (non-hydrogen) atoms. The smallest absolute Gasteiger partial charge is 0.407 e. The second-order valence-corrected chi connectivity index (χ2v) is 14.6. The Bertz CT molecular complexity index is 2060. The predicted octanol–water partition coefficient (Wildman–Crippen LogP) is 6.05. The quantitative estimate of drug-likeness (QED) is 0.152. The molecule has 2 aromatic carbocycles. The first-order valence-corrected chi connectivity index (χ1v) is 18.6. The molecule has 6 rings (SSSR count). The van der Waals surface area contributed by atoms with Gasteiger partial charge in [0.2, 0.25) is 11.8 Å². The maximum atomic E-state index is 13.6. The van der Waals surface area contributed by atoms with Crippen LogP contribution >= 0.6 is 0 Å². The maximum Gasteiger partial charge on any atom is 0.407 e. The molecule has 4 heterocycles. The highest BCUT2D eigenvalue weighted by atomic mass is 16.5. The molecule has 2 aliphatic rings. The fraction of sp³-hybridized carbons (Fsp3) is 0.439. The van der Waals surface area contributed by atoms with Crippen LogP contribution in [0, 0.1) is 23.7 Å². The van der Waals surface area contributed by atoms with Crippen molar-refractivity contribution in [3.05, 3.63) is 77.5 Å². The molecule has 2 fully saturated rings. The van der Waals surface area contributed by atoms with Gasteiger partial charge in [0, 0.05) is 29.9 Å². The van der Waals surface area contributed by atoms with Crippen molar-refractivity contribution < 1.29 is 28.7 Å². The Morgan fingerprint density at radius 1 is 0.759 bits per heavy atom. The maximum absolute atomic E-state index is 13.6. The third-order valence-electron chi connectivity index (χ3n) is 10.3. The number of fused-ring (bicyclic) bond motifs is 1. The molecule has 2 saturated heterocycles. The van der Waals surface area contributed by atoms with Crippen LogP contribution in [0.4, 0.5) is 9.59 Å². The van der Waals surface area contributed by atoms with Gasteiger partial charge in [-0.3, -0.25) is 9.59 Å². The summed E-state index contributed by atoms with van der Waals surface area (Å²) in [7, 11) is 2.58. The Balaban J connectivity index is 1.12. The highest BCUT2D eigenvalue weighted by Gasteiger charge is 2.38. The van der Waals surface area contributed by atoms with E-state index in [-0.39, 0.29) is 35.7 Å². The van der Waals surface area contributed by atoms with Crippen LogP contribution in [0.25, 0.3) is 22.0 Å². The highest BCUT2D eigenvalue weighted by Crippen LogP contribution is 2.36. The van der Waals surface area contributed by atoms with E-state index in [9.17, 15) is 19.2 Å². The van der Waals surface area contributed by atoms with Gasteiger partial charge in [-0.1, -0.05) is 57.9 Å². The second kappa shape index (κ2) is 16.5. The van der Waals surface area contributed by atoms with Gasteiger partial charge in [0.1, 0.15) is 23.6 Å². The number of rotatable bonds is 9. The van der Waals surface area contributed by atoms with Crippen molar-refractivity contribution in [1.82, 2.24) is 35.4 Å². The van der Waals surface area contributed by atoms with E-state index in [0.29, 0.717) is 24.6 Å². The molecule has 4 aromatic rings. The standard InChI is InChI=1S/C41H49N7O6/c1-24(2)35(45-40(51)53-5)38(49)47-19-7-9-33(47)32-22-29-17-16-28(21-31(29)44-32)27-14-11-26(12-15-27)13-18-30-23-42-37(43-30)34-10-8-20-48(34)39(50)36(25(3)4)46-41(52)54-6/h11-12,14-17,21-25,33-36,44H,7-10,19-20H2,1-6H3,(H,42,43)(H,45,51)(H,46,52)/t33-,34-,35-,36-/m0/s1. The lowest BCUT2D eigenvalue weighted by atomic mass is 10.0. The Kier molecular flexibility index (Phi) is 11.6. The van der Waals surface area contributed by atoms with Crippen LogP contribution in [0.3, 0.4) is 0 Å². The number of amides is 4. The molecule has 4 atom stereocenters. The molecule has 0 bridgehead atoms. The molecule has 13 nitrogen and oxygen atoms in total. The number of nitrogens with one attached hydrogen (secondary N) is 4. The Hall–Kier alpha value is -5.77. The number of hydrogen-bond donors (Lipinski definition) is 4. The number of hydrogen-bond acceptors (Lipinski definition) is 7. The minimum absolute atomic E-state index is 0.0895. The third kappa shape index (κ3) is 8.23. The van der Waals surface area contributed by atoms with Crippen molar-refractivity contribution in [2.45, 2.75) is 77.5 Å². The van der Waals surface area contributed by atoms with E-state index in [4.69, 9.17) is 9.47 Å². The van der Waals surface area contributed by atoms with Crippen LogP contribution in [0.5, 0.6) is 0 Å². The van der Waals surface area contributed by atoms with Gasteiger partial charge in [-0.25, -0.2) is 14.6 Å². The first-order chi connectivity index (χ1) is 26.0. The van der Waals surface area contributed by atoms with Crippen molar-refractivity contribution in [3.63, 3.8) is 0 Å². The van der Waals surface area contributed by atoms with Crippen LogP contribution in [0.15, 0.2) is 54.7 Å². The van der Waals surface area contributed by atoms with Gasteiger partial charge in [0.05, 0.1) is 32.5 Å². The Labute approximate surface area is 315 Å². The summed E-state index contributed by atoms with van der Waals surface area (Å²) >= 11 is 0. The van der Waals surface area contributed by atoms with Crippen molar-refractivity contribution >= 4 is 34.9 Å². The van der Waals surface area contributed by atoms with Gasteiger partial charge < -0.3 is 39.9 Å². The van der Waals surface area contributed by atoms with E-state index in [1.807, 2.05) is 56.9 Å². The summed E-state index contributed by atoms with van der Waals surface area (Å²) in [6.45, 7) is 8.82. The van der Waals surface area contributed by atoms with E-state index < -0.39 is 24.3 Å². The first kappa shape index (κ1) is 38.0. The van der Waals surface area contributed by atoms with Crippen molar-refractivity contribution in [1.29, 1.82) is 0 Å². The minimum Gasteiger partial charge on any atom is -0.453 e. The summed E-state index contributed by atoms with van der Waals surface area (Å²) in [4.78, 5) is 66.0. The number of likely N-dealkylation sites (tertiary alicyclic amines) is 2. The molecule has 0 aliphatic carbocycles. The van der Waals surface area contributed by atoms with Crippen molar-refractivity contribution in [2.24, 2.45) is 11.8 Å². The zero-order valence-electron chi connectivity index (χ0n) is 31.7. The number of ether oxygens (including phenoxy) is 2. The molecule has 2 aliphatic heterocycles. The van der Waals surface area contributed by atoms with Gasteiger partial charge in [-0.15, -0.1) is 0 Å². The molecule has 284 valence electrons. The number of H-pyrrole nitrogens is 2. The summed E-state index contributed by atoms with van der Waals surface area (Å²) in [6, 6.07) is 14.8. The van der Waals surface area contributed by atoms with Crippen LogP contribution in [-0.4, -0.2) is 88.1 Å². The number of benzene rings is 2. The van der Waals surface area contributed by atoms with Gasteiger partial charge >= 0.3 is 12.2 Å². The molecule has 0 radical (unpaired) electrons. The SMILES string of the molecule is COC(=O)N[C@H](C(=O)N1CCC[C@H]1c1cc2ccc(-c3ccc(C#Cc4cnc([C@@H]5CCCN5C(=O)[C@@H](NC(=O)OC)C(C)C)[nH]4)cc3)cc2[nH]1)C(C)C. The number of methoxy groups -OCH3 is 2. The van der Waals surface area contributed by atoms with Gasteiger partial charge in [-0.2, -0.15) is 0 Å². The second-order valence-electron chi connectivity index (χ2n) is 14.6. The van der Waals surface area contributed by atoms with Crippen LogP contribution < -0.4 is 10.6 Å². The number of nitrogens with zero attached hydrogens (tertiary/aromatic N) is 3. The average molecular weight is 736 g/mol. The van der Waals surface area contributed by atoms with Gasteiger partial charge in [-0.05, 0) is 84.2 Å². The highest BCUT2D eigenvalue weighted by molar-refractivity contribution is 5.88. The van der Waals surface area contributed by atoms with Gasteiger partial charge in [0.15, 0.2) is 0 Å². The molecule has 4 amide bonds. The van der Waals surface area contributed by atoms with Crippen LogP contribution in [-0.2, 0) is 19.1 Å². The van der Waals surface area contributed by atoms with E-state index in [1.165, 1.54) is 14.2 Å².